The maximum atomic E-state index is 6.22. The Kier molecular flexibility index (Phi) is 3.81. The summed E-state index contributed by atoms with van der Waals surface area (Å²) in [5.41, 5.74) is 0. The first kappa shape index (κ1) is 10.3. The van der Waals surface area contributed by atoms with Crippen molar-refractivity contribution < 1.29 is 0 Å². The number of rotatable bonds is 2. The molecule has 1 N–H and O–H groups in total. The highest BCUT2D eigenvalue weighted by Crippen LogP contribution is 2.15. The summed E-state index contributed by atoms with van der Waals surface area (Å²) in [6, 6.07) is 1.04. The average molecular weight is 191 g/mol. The predicted octanol–water partition coefficient (Wildman–Crippen LogP) is 1.30. The Morgan fingerprint density at radius 2 is 2.17 bits per heavy atom. The van der Waals surface area contributed by atoms with Gasteiger partial charge >= 0.3 is 0 Å². The van der Waals surface area contributed by atoms with Crippen LogP contribution >= 0.6 is 11.6 Å². The molecule has 1 fully saturated rings. The highest BCUT2D eigenvalue weighted by molar-refractivity contribution is 6.21. The predicted molar refractivity (Wildman–Crippen MR) is 53.8 cm³/mol. The average Bonchev–Trinajstić information content (AvgIpc) is 1.94. The molecule has 1 aliphatic heterocycles. The van der Waals surface area contributed by atoms with E-state index in [1.807, 2.05) is 0 Å². The van der Waals surface area contributed by atoms with Gasteiger partial charge in [-0.15, -0.1) is 11.6 Å². The van der Waals surface area contributed by atoms with Gasteiger partial charge in [0.25, 0.3) is 0 Å². The van der Waals surface area contributed by atoms with Crippen molar-refractivity contribution in [1.29, 1.82) is 0 Å². The number of alkyl halides is 1. The second-order valence-electron chi connectivity index (χ2n) is 3.99. The zero-order valence-corrected chi connectivity index (χ0v) is 8.93. The summed E-state index contributed by atoms with van der Waals surface area (Å²) >= 11 is 6.22. The van der Waals surface area contributed by atoms with Gasteiger partial charge in [0.15, 0.2) is 0 Å². The van der Waals surface area contributed by atoms with Gasteiger partial charge in [-0.2, -0.15) is 0 Å². The van der Waals surface area contributed by atoms with Crippen LogP contribution in [-0.2, 0) is 0 Å². The van der Waals surface area contributed by atoms with Crippen LogP contribution in [0.3, 0.4) is 0 Å². The number of likely N-dealkylation sites (tertiary alicyclic amines) is 1. The summed E-state index contributed by atoms with van der Waals surface area (Å²) in [5, 5.41) is 3.76. The molecule has 12 heavy (non-hydrogen) atoms. The van der Waals surface area contributed by atoms with Crippen LogP contribution in [0.2, 0.25) is 0 Å². The molecule has 0 unspecified atom stereocenters. The second-order valence-corrected chi connectivity index (χ2v) is 4.56. The smallest absolute Gasteiger partial charge is 0.0616 e. The lowest BCUT2D eigenvalue weighted by Crippen LogP contribution is -2.50. The van der Waals surface area contributed by atoms with E-state index >= 15 is 0 Å². The summed E-state index contributed by atoms with van der Waals surface area (Å²) in [6.07, 6.45) is 1.17. The topological polar surface area (TPSA) is 15.3 Å². The number of nitrogens with zero attached hydrogens (tertiary/aromatic N) is 1. The van der Waals surface area contributed by atoms with Crippen molar-refractivity contribution in [2.75, 3.05) is 20.1 Å². The number of piperidine rings is 1. The van der Waals surface area contributed by atoms with Gasteiger partial charge in [-0.3, -0.25) is 0 Å². The Bertz CT molecular complexity index is 138. The number of hydrogen-bond acceptors (Lipinski definition) is 2. The Morgan fingerprint density at radius 3 is 2.67 bits per heavy atom. The van der Waals surface area contributed by atoms with Crippen LogP contribution in [0.4, 0.5) is 0 Å². The van der Waals surface area contributed by atoms with Gasteiger partial charge in [0.2, 0.25) is 0 Å². The Morgan fingerprint density at radius 1 is 1.50 bits per heavy atom. The zero-order valence-electron chi connectivity index (χ0n) is 8.18. The standard InChI is InChI=1S/C9H19ClN2/c1-7(2)11-9-4-5-12(3)6-8(9)10/h7-9,11H,4-6H2,1-3H3/t8-,9+/m0/s1. The van der Waals surface area contributed by atoms with Gasteiger partial charge in [0.05, 0.1) is 5.38 Å². The molecule has 0 amide bonds. The quantitative estimate of drug-likeness (QED) is 0.661. The summed E-state index contributed by atoms with van der Waals surface area (Å²) in [6.45, 7) is 6.50. The Labute approximate surface area is 80.3 Å². The van der Waals surface area contributed by atoms with E-state index in [0.717, 1.165) is 13.1 Å². The molecule has 0 aromatic carbocycles. The summed E-state index contributed by atoms with van der Waals surface area (Å²) in [4.78, 5) is 2.29. The van der Waals surface area contributed by atoms with Crippen LogP contribution in [0, 0.1) is 0 Å². The normalized spacial score (nSPS) is 32.8. The Balaban J connectivity index is 2.34. The molecule has 2 atom stereocenters. The van der Waals surface area contributed by atoms with E-state index in [-0.39, 0.29) is 5.38 Å². The summed E-state index contributed by atoms with van der Waals surface area (Å²) in [7, 11) is 2.13. The number of nitrogens with one attached hydrogen (secondary N) is 1. The Hall–Kier alpha value is 0.210. The third-order valence-corrected chi connectivity index (χ3v) is 2.73. The van der Waals surface area contributed by atoms with Gasteiger partial charge < -0.3 is 10.2 Å². The highest BCUT2D eigenvalue weighted by atomic mass is 35.5. The zero-order chi connectivity index (χ0) is 9.14. The van der Waals surface area contributed by atoms with Gasteiger partial charge in [-0.25, -0.2) is 0 Å². The van der Waals surface area contributed by atoms with Crippen molar-refractivity contribution in [3.05, 3.63) is 0 Å². The van der Waals surface area contributed by atoms with E-state index in [1.54, 1.807) is 0 Å². The number of halogens is 1. The molecule has 3 heteroatoms. The van der Waals surface area contributed by atoms with Crippen molar-refractivity contribution in [2.24, 2.45) is 0 Å². The van der Waals surface area contributed by atoms with Crippen LogP contribution < -0.4 is 5.32 Å². The van der Waals surface area contributed by atoms with Gasteiger partial charge in [0, 0.05) is 18.6 Å². The molecule has 1 aliphatic rings. The SMILES string of the molecule is CC(C)N[C@@H]1CCN(C)C[C@@H]1Cl. The molecule has 0 bridgehead atoms. The summed E-state index contributed by atoms with van der Waals surface area (Å²) in [5.74, 6) is 0. The van der Waals surface area contributed by atoms with E-state index in [0.29, 0.717) is 12.1 Å². The lowest BCUT2D eigenvalue weighted by Gasteiger charge is -2.34. The van der Waals surface area contributed by atoms with Crippen molar-refractivity contribution in [2.45, 2.75) is 37.7 Å². The van der Waals surface area contributed by atoms with E-state index in [1.165, 1.54) is 6.42 Å². The second kappa shape index (κ2) is 4.45. The molecule has 2 nitrogen and oxygen atoms in total. The van der Waals surface area contributed by atoms with Gasteiger partial charge in [0.1, 0.15) is 0 Å². The van der Waals surface area contributed by atoms with Gasteiger partial charge in [-0.05, 0) is 20.0 Å². The van der Waals surface area contributed by atoms with Crippen molar-refractivity contribution in [1.82, 2.24) is 10.2 Å². The van der Waals surface area contributed by atoms with E-state index in [2.05, 4.69) is 31.1 Å². The largest absolute Gasteiger partial charge is 0.310 e. The maximum absolute atomic E-state index is 6.22. The molecule has 1 rings (SSSR count). The molecule has 0 aliphatic carbocycles. The minimum absolute atomic E-state index is 0.270. The van der Waals surface area contributed by atoms with Crippen LogP contribution in [0.15, 0.2) is 0 Å². The fraction of sp³-hybridized carbons (Fsp3) is 1.00. The van der Waals surface area contributed by atoms with E-state index < -0.39 is 0 Å². The minimum Gasteiger partial charge on any atom is -0.310 e. The molecule has 0 aromatic heterocycles. The molecule has 0 saturated carbocycles. The van der Waals surface area contributed by atoms with Crippen molar-refractivity contribution in [3.63, 3.8) is 0 Å². The molecule has 0 aromatic rings. The van der Waals surface area contributed by atoms with Crippen molar-refractivity contribution in [3.8, 4) is 0 Å². The lowest BCUT2D eigenvalue weighted by atomic mass is 10.0. The van der Waals surface area contributed by atoms with Crippen molar-refractivity contribution >= 4 is 11.6 Å². The van der Waals surface area contributed by atoms with Crippen LogP contribution in [-0.4, -0.2) is 42.5 Å². The first-order chi connectivity index (χ1) is 5.59. The van der Waals surface area contributed by atoms with Crippen LogP contribution in [0.25, 0.3) is 0 Å². The molecule has 1 heterocycles. The third kappa shape index (κ3) is 2.92. The molecule has 1 saturated heterocycles. The van der Waals surface area contributed by atoms with Crippen LogP contribution in [0.5, 0.6) is 0 Å². The van der Waals surface area contributed by atoms with Crippen LogP contribution in [0.1, 0.15) is 20.3 Å². The van der Waals surface area contributed by atoms with E-state index in [4.69, 9.17) is 11.6 Å². The maximum Gasteiger partial charge on any atom is 0.0616 e. The first-order valence-electron chi connectivity index (χ1n) is 4.68. The minimum atomic E-state index is 0.270. The summed E-state index contributed by atoms with van der Waals surface area (Å²) < 4.78 is 0. The van der Waals surface area contributed by atoms with E-state index in [9.17, 15) is 0 Å². The fourth-order valence-electron chi connectivity index (χ4n) is 1.67. The molecular weight excluding hydrogens is 172 g/mol. The molecular formula is C9H19ClN2. The molecule has 0 spiro atoms. The molecule has 0 radical (unpaired) electrons. The number of hydrogen-bond donors (Lipinski definition) is 1. The third-order valence-electron chi connectivity index (χ3n) is 2.29. The lowest BCUT2D eigenvalue weighted by molar-refractivity contribution is 0.233. The first-order valence-corrected chi connectivity index (χ1v) is 5.12. The van der Waals surface area contributed by atoms with Gasteiger partial charge in [-0.1, -0.05) is 13.8 Å². The monoisotopic (exact) mass is 190 g/mol. The molecule has 72 valence electrons. The highest BCUT2D eigenvalue weighted by Gasteiger charge is 2.25. The fourth-order valence-corrected chi connectivity index (χ4v) is 2.11.